The number of hydrogen-bond acceptors (Lipinski definition) is 4. The number of hydrogen-bond donors (Lipinski definition) is 2. The highest BCUT2D eigenvalue weighted by molar-refractivity contribution is 5.94. The van der Waals surface area contributed by atoms with Crippen molar-refractivity contribution in [2.75, 3.05) is 42.3 Å². The molecule has 286 valence electrons. The quantitative estimate of drug-likeness (QED) is 0.151. The van der Waals surface area contributed by atoms with Gasteiger partial charge >= 0.3 is 0 Å². The fourth-order valence-corrected chi connectivity index (χ4v) is 7.31. The lowest BCUT2D eigenvalue weighted by molar-refractivity contribution is 0.473. The van der Waals surface area contributed by atoms with E-state index in [2.05, 4.69) is 161 Å². The van der Waals surface area contributed by atoms with Gasteiger partial charge in [0, 0.05) is 57.5 Å². The third-order valence-corrected chi connectivity index (χ3v) is 10.3. The Kier molecular flexibility index (Phi) is 9.15. The molecule has 2 aliphatic heterocycles. The Morgan fingerprint density at radius 3 is 1.28 bits per heavy atom. The van der Waals surface area contributed by atoms with Gasteiger partial charge in [-0.1, -0.05) is 24.3 Å². The highest BCUT2D eigenvalue weighted by Crippen LogP contribution is 2.36. The summed E-state index contributed by atoms with van der Waals surface area (Å²) in [6.07, 6.45) is 8.23. The van der Waals surface area contributed by atoms with E-state index in [-0.39, 0.29) is 0 Å². The molecule has 58 heavy (non-hydrogen) atoms. The summed E-state index contributed by atoms with van der Waals surface area (Å²) in [4.78, 5) is 17.6. The van der Waals surface area contributed by atoms with Crippen molar-refractivity contribution >= 4 is 57.7 Å². The average molecular weight is 763 g/mol. The number of quaternary nitrogens is 2. The van der Waals surface area contributed by atoms with Crippen LogP contribution >= 0.6 is 0 Å². The second-order valence-corrected chi connectivity index (χ2v) is 16.5. The summed E-state index contributed by atoms with van der Waals surface area (Å²) < 4.78 is 14.2. The Hall–Kier alpha value is -7.00. The summed E-state index contributed by atoms with van der Waals surface area (Å²) in [5.74, 6) is 3.06. The van der Waals surface area contributed by atoms with Gasteiger partial charge < -0.3 is 19.4 Å². The smallest absolute Gasteiger partial charge is 0.132 e. The van der Waals surface area contributed by atoms with Gasteiger partial charge in [0.25, 0.3) is 0 Å². The van der Waals surface area contributed by atoms with Crippen LogP contribution in [0.15, 0.2) is 133 Å². The molecule has 2 aliphatic rings. The zero-order chi connectivity index (χ0) is 40.0. The van der Waals surface area contributed by atoms with Crippen LogP contribution in [0.3, 0.4) is 0 Å². The number of rotatable bonds is 8. The summed E-state index contributed by atoms with van der Waals surface area (Å²) in [6.45, 7) is 0. The molecule has 0 saturated carbocycles. The molecule has 0 fully saturated rings. The number of ether oxygens (including phenoxy) is 2. The van der Waals surface area contributed by atoms with Crippen molar-refractivity contribution in [2.45, 2.75) is 0 Å². The minimum absolute atomic E-state index is 0.736. The first-order chi connectivity index (χ1) is 27.9. The lowest BCUT2D eigenvalue weighted by Crippen LogP contribution is -2.34. The second kappa shape index (κ2) is 14.5. The third kappa shape index (κ3) is 7.71. The van der Waals surface area contributed by atoms with Gasteiger partial charge in [-0.15, -0.1) is 0 Å². The first-order valence-electron chi connectivity index (χ1n) is 19.4. The number of H-pyrrole nitrogens is 2. The Morgan fingerprint density at radius 1 is 0.414 bits per heavy atom. The van der Waals surface area contributed by atoms with Gasteiger partial charge in [-0.2, -0.15) is 0 Å². The van der Waals surface area contributed by atoms with Crippen molar-refractivity contribution in [1.82, 2.24) is 28.9 Å². The van der Waals surface area contributed by atoms with E-state index in [0.717, 1.165) is 99.1 Å². The Morgan fingerprint density at radius 2 is 0.845 bits per heavy atom. The minimum atomic E-state index is 0.736. The van der Waals surface area contributed by atoms with E-state index in [9.17, 15) is 0 Å². The standard InChI is InChI=1S/C50H46N6O2/c1-55(2,3)39-17-21-41(22-18-39)57-43-11-7-9-33(29-43)49-45-25-13-35(51-45)31-37-15-27-47(53-37)50(48-28-16-38(54-48)32-36-14-26-46(49)52-36)34-10-8-12-44(30-34)58-42-23-19-40(20-24-42)56(4,5)6/h7-32,51-52H,1-6H3/q+2. The van der Waals surface area contributed by atoms with Crippen molar-refractivity contribution in [3.05, 3.63) is 156 Å². The molecule has 0 saturated heterocycles. The van der Waals surface area contributed by atoms with Crippen LogP contribution in [-0.4, -0.2) is 62.2 Å². The molecule has 0 aliphatic carbocycles. The van der Waals surface area contributed by atoms with Crippen LogP contribution in [0.25, 0.3) is 68.6 Å². The van der Waals surface area contributed by atoms with Crippen molar-refractivity contribution < 1.29 is 9.47 Å². The van der Waals surface area contributed by atoms with Gasteiger partial charge in [0.15, 0.2) is 0 Å². The van der Waals surface area contributed by atoms with Gasteiger partial charge in [0.2, 0.25) is 0 Å². The summed E-state index contributed by atoms with van der Waals surface area (Å²) in [5, 5.41) is 0. The van der Waals surface area contributed by atoms with Crippen LogP contribution in [0, 0.1) is 0 Å². The number of fused-ring (bicyclic) bond motifs is 8. The third-order valence-electron chi connectivity index (χ3n) is 10.3. The molecule has 8 nitrogen and oxygen atoms in total. The fraction of sp³-hybridized carbons (Fsp3) is 0.120. The predicted molar refractivity (Wildman–Crippen MR) is 242 cm³/mol. The highest BCUT2D eigenvalue weighted by Gasteiger charge is 2.17. The molecule has 4 aromatic carbocycles. The van der Waals surface area contributed by atoms with Crippen LogP contribution < -0.4 is 18.4 Å². The molecule has 2 N–H and O–H groups in total. The maximum atomic E-state index is 6.38. The molecular formula is C50H46N6O2+2. The van der Waals surface area contributed by atoms with Crippen molar-refractivity contribution in [3.8, 4) is 45.3 Å². The molecule has 0 radical (unpaired) electrons. The molecule has 3 aromatic heterocycles. The summed E-state index contributed by atoms with van der Waals surface area (Å²) in [7, 11) is 12.9. The number of nitrogens with zero attached hydrogens (tertiary/aromatic N) is 4. The van der Waals surface area contributed by atoms with Crippen molar-refractivity contribution in [2.24, 2.45) is 0 Å². The zero-order valence-electron chi connectivity index (χ0n) is 33.6. The van der Waals surface area contributed by atoms with Gasteiger partial charge in [0.05, 0.1) is 65.1 Å². The average Bonchev–Trinajstić information content (AvgIpc) is 4.03. The summed E-state index contributed by atoms with van der Waals surface area (Å²) >= 11 is 0. The first kappa shape index (κ1) is 36.6. The molecule has 8 bridgehead atoms. The van der Waals surface area contributed by atoms with E-state index >= 15 is 0 Å². The number of aromatic nitrogens is 4. The Balaban J connectivity index is 1.13. The van der Waals surface area contributed by atoms with E-state index < -0.39 is 0 Å². The number of benzene rings is 4. The molecule has 5 heterocycles. The largest absolute Gasteiger partial charge is 0.457 e. The van der Waals surface area contributed by atoms with Crippen LogP contribution in [-0.2, 0) is 0 Å². The van der Waals surface area contributed by atoms with Crippen LogP contribution in [0.5, 0.6) is 23.0 Å². The van der Waals surface area contributed by atoms with Crippen LogP contribution in [0.2, 0.25) is 0 Å². The van der Waals surface area contributed by atoms with Gasteiger partial charge in [0.1, 0.15) is 34.4 Å². The van der Waals surface area contributed by atoms with Gasteiger partial charge in [-0.05, 0) is 120 Å². The first-order valence-corrected chi connectivity index (χ1v) is 19.4. The van der Waals surface area contributed by atoms with Gasteiger partial charge in [-0.3, -0.25) is 8.97 Å². The SMILES string of the molecule is C[N+](C)(C)c1ccc(Oc2cccc(-c3c4nc(cc5ccc([nH]5)c(-c5cccc(Oc6ccc([N+](C)(C)C)cc6)c5)c5ccc(cc6nc3C=C6)[nH]5)C=C4)c2)cc1. The van der Waals surface area contributed by atoms with Crippen LogP contribution in [0.4, 0.5) is 11.4 Å². The van der Waals surface area contributed by atoms with E-state index in [1.54, 1.807) is 0 Å². The second-order valence-electron chi connectivity index (χ2n) is 16.5. The molecule has 0 amide bonds. The van der Waals surface area contributed by atoms with Gasteiger partial charge in [-0.25, -0.2) is 9.97 Å². The fourth-order valence-electron chi connectivity index (χ4n) is 7.31. The van der Waals surface area contributed by atoms with Crippen molar-refractivity contribution in [1.29, 1.82) is 0 Å². The Bertz CT molecular complexity index is 2810. The summed E-state index contributed by atoms with van der Waals surface area (Å²) in [5.41, 5.74) is 13.5. The minimum Gasteiger partial charge on any atom is -0.457 e. The topological polar surface area (TPSA) is 75.8 Å². The number of nitrogens with one attached hydrogen (secondary N) is 2. The lowest BCUT2D eigenvalue weighted by atomic mass is 10.0. The van der Waals surface area contributed by atoms with Crippen LogP contribution in [0.1, 0.15) is 22.8 Å². The zero-order valence-corrected chi connectivity index (χ0v) is 33.6. The predicted octanol–water partition coefficient (Wildman–Crippen LogP) is 12.0. The maximum Gasteiger partial charge on any atom is 0.132 e. The normalized spacial score (nSPS) is 12.5. The van der Waals surface area contributed by atoms with E-state index in [1.807, 2.05) is 48.5 Å². The molecule has 9 rings (SSSR count). The highest BCUT2D eigenvalue weighted by atomic mass is 16.5. The van der Waals surface area contributed by atoms with E-state index in [0.29, 0.717) is 0 Å². The molecular weight excluding hydrogens is 717 g/mol. The number of aromatic amines is 2. The molecule has 7 aromatic rings. The van der Waals surface area contributed by atoms with E-state index in [1.165, 1.54) is 11.4 Å². The molecule has 0 spiro atoms. The van der Waals surface area contributed by atoms with Crippen molar-refractivity contribution in [3.63, 3.8) is 0 Å². The molecule has 0 atom stereocenters. The maximum absolute atomic E-state index is 6.38. The van der Waals surface area contributed by atoms with E-state index in [4.69, 9.17) is 19.4 Å². The Labute approximate surface area is 338 Å². The molecule has 8 heteroatoms. The lowest BCUT2D eigenvalue weighted by Gasteiger charge is -2.23. The summed E-state index contributed by atoms with van der Waals surface area (Å²) in [6, 6.07) is 45.5. The molecule has 0 unspecified atom stereocenters. The monoisotopic (exact) mass is 762 g/mol.